The number of aliphatic hydroxyl groups excluding tert-OH is 1. The van der Waals surface area contributed by atoms with Crippen LogP contribution in [-0.2, 0) is 16.1 Å². The standard InChI is InChI=1S/C16H24O4/c1-12(2)8-14(16(18)19)9-15(17)11-20-10-13-6-4-3-5-7-13/h3-7,12,14-15,17H,8-11H2,1-2H3,(H,18,19). The molecule has 1 aromatic carbocycles. The highest BCUT2D eigenvalue weighted by atomic mass is 16.5. The number of carboxylic acids is 1. The minimum atomic E-state index is -0.846. The fourth-order valence-electron chi connectivity index (χ4n) is 2.15. The molecule has 4 nitrogen and oxygen atoms in total. The van der Waals surface area contributed by atoms with Gasteiger partial charge in [0.1, 0.15) is 0 Å². The van der Waals surface area contributed by atoms with Gasteiger partial charge in [-0.25, -0.2) is 0 Å². The molecule has 1 rings (SSSR count). The van der Waals surface area contributed by atoms with E-state index in [0.717, 1.165) is 5.56 Å². The van der Waals surface area contributed by atoms with Crippen molar-refractivity contribution in [2.24, 2.45) is 11.8 Å². The lowest BCUT2D eigenvalue weighted by Gasteiger charge is -2.18. The Labute approximate surface area is 120 Å². The highest BCUT2D eigenvalue weighted by Gasteiger charge is 2.22. The van der Waals surface area contributed by atoms with Crippen LogP contribution < -0.4 is 0 Å². The van der Waals surface area contributed by atoms with E-state index in [1.54, 1.807) is 0 Å². The zero-order valence-corrected chi connectivity index (χ0v) is 12.2. The largest absolute Gasteiger partial charge is 0.481 e. The van der Waals surface area contributed by atoms with Crippen LogP contribution in [0.1, 0.15) is 32.3 Å². The predicted octanol–water partition coefficient (Wildman–Crippen LogP) is 2.70. The summed E-state index contributed by atoms with van der Waals surface area (Å²) >= 11 is 0. The van der Waals surface area contributed by atoms with E-state index in [9.17, 15) is 9.90 Å². The van der Waals surface area contributed by atoms with E-state index in [1.165, 1.54) is 0 Å². The summed E-state index contributed by atoms with van der Waals surface area (Å²) < 4.78 is 5.42. The topological polar surface area (TPSA) is 66.8 Å². The maximum Gasteiger partial charge on any atom is 0.306 e. The number of ether oxygens (including phenoxy) is 1. The second-order valence-corrected chi connectivity index (χ2v) is 5.55. The Hall–Kier alpha value is -1.39. The van der Waals surface area contributed by atoms with Gasteiger partial charge in [0.25, 0.3) is 0 Å². The normalized spacial score (nSPS) is 14.2. The summed E-state index contributed by atoms with van der Waals surface area (Å²) in [6, 6.07) is 9.69. The molecular weight excluding hydrogens is 256 g/mol. The molecule has 20 heavy (non-hydrogen) atoms. The first-order chi connectivity index (χ1) is 9.49. The lowest BCUT2D eigenvalue weighted by atomic mass is 9.92. The van der Waals surface area contributed by atoms with Gasteiger partial charge in [0, 0.05) is 0 Å². The molecule has 1 aromatic rings. The SMILES string of the molecule is CC(C)CC(CC(O)COCc1ccccc1)C(=O)O. The summed E-state index contributed by atoms with van der Waals surface area (Å²) in [7, 11) is 0. The van der Waals surface area contributed by atoms with Gasteiger partial charge in [-0.05, 0) is 24.3 Å². The van der Waals surface area contributed by atoms with E-state index in [0.29, 0.717) is 18.9 Å². The van der Waals surface area contributed by atoms with Crippen LogP contribution in [0.4, 0.5) is 0 Å². The predicted molar refractivity (Wildman–Crippen MR) is 77.3 cm³/mol. The maximum absolute atomic E-state index is 11.1. The minimum absolute atomic E-state index is 0.163. The van der Waals surface area contributed by atoms with Gasteiger partial charge in [-0.2, -0.15) is 0 Å². The number of aliphatic carboxylic acids is 1. The highest BCUT2D eigenvalue weighted by molar-refractivity contribution is 5.69. The first-order valence-corrected chi connectivity index (χ1v) is 7.01. The van der Waals surface area contributed by atoms with Crippen molar-refractivity contribution in [3.63, 3.8) is 0 Å². The van der Waals surface area contributed by atoms with Crippen molar-refractivity contribution in [1.29, 1.82) is 0 Å². The lowest BCUT2D eigenvalue weighted by molar-refractivity contribution is -0.143. The third kappa shape index (κ3) is 6.68. The van der Waals surface area contributed by atoms with Gasteiger partial charge in [-0.3, -0.25) is 4.79 Å². The first-order valence-electron chi connectivity index (χ1n) is 7.01. The molecule has 0 saturated carbocycles. The van der Waals surface area contributed by atoms with Crippen LogP contribution in [0.15, 0.2) is 30.3 Å². The van der Waals surface area contributed by atoms with E-state index < -0.39 is 18.0 Å². The third-order valence-electron chi connectivity index (χ3n) is 3.08. The van der Waals surface area contributed by atoms with Crippen LogP contribution in [0.5, 0.6) is 0 Å². The Kier molecular flexibility index (Phi) is 7.26. The fourth-order valence-corrected chi connectivity index (χ4v) is 2.15. The number of aliphatic hydroxyl groups is 1. The van der Waals surface area contributed by atoms with Gasteiger partial charge < -0.3 is 14.9 Å². The minimum Gasteiger partial charge on any atom is -0.481 e. The van der Waals surface area contributed by atoms with Crippen molar-refractivity contribution in [1.82, 2.24) is 0 Å². The molecule has 2 atom stereocenters. The molecule has 0 radical (unpaired) electrons. The highest BCUT2D eigenvalue weighted by Crippen LogP contribution is 2.18. The molecule has 0 saturated heterocycles. The number of hydrogen-bond donors (Lipinski definition) is 2. The van der Waals surface area contributed by atoms with Crippen molar-refractivity contribution in [2.75, 3.05) is 6.61 Å². The van der Waals surface area contributed by atoms with Crippen molar-refractivity contribution >= 4 is 5.97 Å². The zero-order chi connectivity index (χ0) is 15.0. The summed E-state index contributed by atoms with van der Waals surface area (Å²) in [6.45, 7) is 4.55. The second-order valence-electron chi connectivity index (χ2n) is 5.55. The van der Waals surface area contributed by atoms with Crippen LogP contribution in [0.3, 0.4) is 0 Å². The molecule has 0 heterocycles. The van der Waals surface area contributed by atoms with Crippen LogP contribution in [0.2, 0.25) is 0 Å². The Bertz CT molecular complexity index is 389. The molecule has 0 fully saturated rings. The van der Waals surface area contributed by atoms with Crippen molar-refractivity contribution < 1.29 is 19.7 Å². The van der Waals surface area contributed by atoms with Gasteiger partial charge >= 0.3 is 5.97 Å². The molecule has 0 amide bonds. The molecular formula is C16H24O4. The van der Waals surface area contributed by atoms with Gasteiger partial charge in [-0.15, -0.1) is 0 Å². The Balaban J connectivity index is 2.31. The van der Waals surface area contributed by atoms with E-state index in [1.807, 2.05) is 44.2 Å². The van der Waals surface area contributed by atoms with Crippen molar-refractivity contribution in [3.8, 4) is 0 Å². The third-order valence-corrected chi connectivity index (χ3v) is 3.08. The first kappa shape index (κ1) is 16.7. The monoisotopic (exact) mass is 280 g/mol. The Morgan fingerprint density at radius 2 is 1.85 bits per heavy atom. The molecule has 0 spiro atoms. The summed E-state index contributed by atoms with van der Waals surface area (Å²) in [5.74, 6) is -1.06. The molecule has 2 unspecified atom stereocenters. The van der Waals surface area contributed by atoms with E-state index in [2.05, 4.69) is 0 Å². The molecule has 112 valence electrons. The zero-order valence-electron chi connectivity index (χ0n) is 12.2. The molecule has 0 aromatic heterocycles. The van der Waals surface area contributed by atoms with Crippen LogP contribution in [-0.4, -0.2) is 28.9 Å². The van der Waals surface area contributed by atoms with Crippen molar-refractivity contribution in [2.45, 2.75) is 39.4 Å². The Morgan fingerprint density at radius 1 is 1.20 bits per heavy atom. The lowest BCUT2D eigenvalue weighted by Crippen LogP contribution is -2.25. The van der Waals surface area contributed by atoms with E-state index in [-0.39, 0.29) is 13.0 Å². The molecule has 4 heteroatoms. The average Bonchev–Trinajstić information content (AvgIpc) is 2.38. The van der Waals surface area contributed by atoms with Gasteiger partial charge in [0.2, 0.25) is 0 Å². The number of rotatable bonds is 9. The number of benzene rings is 1. The maximum atomic E-state index is 11.1. The average molecular weight is 280 g/mol. The molecule has 0 aliphatic heterocycles. The molecule has 0 aliphatic carbocycles. The fraction of sp³-hybridized carbons (Fsp3) is 0.562. The number of carbonyl (C=O) groups is 1. The molecule has 2 N–H and O–H groups in total. The van der Waals surface area contributed by atoms with Gasteiger partial charge in [0.15, 0.2) is 0 Å². The quantitative estimate of drug-likeness (QED) is 0.730. The smallest absolute Gasteiger partial charge is 0.306 e. The van der Waals surface area contributed by atoms with E-state index >= 15 is 0 Å². The van der Waals surface area contributed by atoms with Gasteiger partial charge in [-0.1, -0.05) is 44.2 Å². The van der Waals surface area contributed by atoms with E-state index in [4.69, 9.17) is 9.84 Å². The summed E-state index contributed by atoms with van der Waals surface area (Å²) in [5, 5.41) is 19.0. The van der Waals surface area contributed by atoms with Crippen LogP contribution in [0.25, 0.3) is 0 Å². The summed E-state index contributed by atoms with van der Waals surface area (Å²) in [5.41, 5.74) is 1.04. The van der Waals surface area contributed by atoms with Crippen LogP contribution >= 0.6 is 0 Å². The number of hydrogen-bond acceptors (Lipinski definition) is 3. The second kappa shape index (κ2) is 8.72. The Morgan fingerprint density at radius 3 is 2.40 bits per heavy atom. The van der Waals surface area contributed by atoms with Crippen molar-refractivity contribution in [3.05, 3.63) is 35.9 Å². The molecule has 0 bridgehead atoms. The summed E-state index contributed by atoms with van der Waals surface area (Å²) in [4.78, 5) is 11.1. The van der Waals surface area contributed by atoms with Crippen LogP contribution in [0, 0.1) is 11.8 Å². The molecule has 0 aliphatic rings. The van der Waals surface area contributed by atoms with Gasteiger partial charge in [0.05, 0.1) is 25.2 Å². The number of carboxylic acid groups (broad SMARTS) is 1. The summed E-state index contributed by atoms with van der Waals surface area (Å²) in [6.07, 6.45) is 0.0754.